The summed E-state index contributed by atoms with van der Waals surface area (Å²) in [7, 11) is 0. The van der Waals surface area contributed by atoms with Crippen molar-refractivity contribution in [1.82, 2.24) is 0 Å². The topological polar surface area (TPSA) is 46.5 Å². The summed E-state index contributed by atoms with van der Waals surface area (Å²) in [6.07, 6.45) is 2.39. The molecule has 1 unspecified atom stereocenters. The summed E-state index contributed by atoms with van der Waals surface area (Å²) in [5, 5.41) is 7.78. The van der Waals surface area contributed by atoms with Gasteiger partial charge in [-0.2, -0.15) is 0 Å². The predicted octanol–water partition coefficient (Wildman–Crippen LogP) is 3.68. The predicted molar refractivity (Wildman–Crippen MR) is 54.7 cm³/mol. The Balaban J connectivity index is 0. The molecule has 0 aromatic carbocycles. The molecule has 0 bridgehead atoms. The normalized spacial score (nSPS) is 11.1. The Bertz CT molecular complexity index is 114. The van der Waals surface area contributed by atoms with E-state index in [1.807, 2.05) is 0 Å². The minimum Gasteiger partial charge on any atom is -0.450 e. The van der Waals surface area contributed by atoms with Crippen molar-refractivity contribution < 1.29 is 14.6 Å². The maximum atomic E-state index is 9.50. The number of carboxylic acid groups (broad SMARTS) is 1. The summed E-state index contributed by atoms with van der Waals surface area (Å²) in [5.74, 6) is 0.827. The highest BCUT2D eigenvalue weighted by molar-refractivity contribution is 6.19. The first-order chi connectivity index (χ1) is 6.04. The lowest BCUT2D eigenvalue weighted by Gasteiger charge is -1.97. The third kappa shape index (κ3) is 24.5. The molecular weight excluding hydrogens is 215 g/mol. The first-order valence-corrected chi connectivity index (χ1v) is 5.11. The second-order valence-electron chi connectivity index (χ2n) is 2.32. The van der Waals surface area contributed by atoms with Crippen LogP contribution in [0.1, 0.15) is 33.1 Å². The Labute approximate surface area is 89.0 Å². The molecule has 0 radical (unpaired) electrons. The number of hydrogen-bond donors (Lipinski definition) is 1. The first kappa shape index (κ1) is 15.3. The van der Waals surface area contributed by atoms with E-state index in [0.717, 1.165) is 5.88 Å². The average molecular weight is 231 g/mol. The molecule has 0 aromatic heterocycles. The highest BCUT2D eigenvalue weighted by atomic mass is 35.5. The zero-order chi connectivity index (χ0) is 10.7. The fraction of sp³-hybridized carbons (Fsp3) is 0.875. The van der Waals surface area contributed by atoms with E-state index < -0.39 is 11.7 Å². The van der Waals surface area contributed by atoms with Gasteiger partial charge in [0, 0.05) is 5.88 Å². The molecule has 0 saturated carbocycles. The van der Waals surface area contributed by atoms with Crippen LogP contribution in [0.25, 0.3) is 0 Å². The van der Waals surface area contributed by atoms with Gasteiger partial charge in [0.05, 0.1) is 0 Å². The van der Waals surface area contributed by atoms with Crippen molar-refractivity contribution in [3.63, 3.8) is 0 Å². The Kier molecular flexibility index (Phi) is 14.0. The van der Waals surface area contributed by atoms with Crippen LogP contribution in [0.15, 0.2) is 0 Å². The van der Waals surface area contributed by atoms with Crippen LogP contribution in [0.5, 0.6) is 0 Å². The van der Waals surface area contributed by atoms with Crippen LogP contribution in [0, 0.1) is 0 Å². The smallest absolute Gasteiger partial charge is 0.450 e. The van der Waals surface area contributed by atoms with E-state index in [4.69, 9.17) is 28.3 Å². The van der Waals surface area contributed by atoms with Gasteiger partial charge < -0.3 is 9.84 Å². The van der Waals surface area contributed by atoms with Gasteiger partial charge in [0.2, 0.25) is 0 Å². The third-order valence-corrected chi connectivity index (χ3v) is 1.36. The Morgan fingerprint density at radius 3 is 2.15 bits per heavy atom. The Morgan fingerprint density at radius 1 is 1.54 bits per heavy atom. The number of rotatable bonds is 4. The van der Waals surface area contributed by atoms with Crippen molar-refractivity contribution in [2.75, 3.05) is 5.88 Å². The number of halogens is 2. The molecule has 0 aliphatic heterocycles. The van der Waals surface area contributed by atoms with Gasteiger partial charge in [-0.15, -0.1) is 11.6 Å². The van der Waals surface area contributed by atoms with Gasteiger partial charge in [-0.1, -0.05) is 31.4 Å². The molecule has 5 heteroatoms. The molecule has 0 fully saturated rings. The fourth-order valence-electron chi connectivity index (χ4n) is 0.483. The van der Waals surface area contributed by atoms with Crippen LogP contribution in [-0.4, -0.2) is 22.7 Å². The fourth-order valence-corrected chi connectivity index (χ4v) is 0.749. The number of ether oxygens (including phenoxy) is 1. The molecule has 0 saturated heterocycles. The lowest BCUT2D eigenvalue weighted by Crippen LogP contribution is -2.05. The first-order valence-electron chi connectivity index (χ1n) is 4.14. The molecule has 0 rings (SSSR count). The quantitative estimate of drug-likeness (QED) is 0.456. The minimum absolute atomic E-state index is 0.752. The summed E-state index contributed by atoms with van der Waals surface area (Å²) in [4.78, 5) is 9.50. The number of hydrogen-bond acceptors (Lipinski definition) is 2. The SMILES string of the molecule is CC(Cl)OC(=O)O.CCCCCCl. The van der Waals surface area contributed by atoms with E-state index in [1.54, 1.807) is 0 Å². The molecule has 0 amide bonds. The zero-order valence-corrected chi connectivity index (χ0v) is 9.44. The van der Waals surface area contributed by atoms with Crippen LogP contribution in [0.3, 0.4) is 0 Å². The van der Waals surface area contributed by atoms with E-state index in [1.165, 1.54) is 26.2 Å². The van der Waals surface area contributed by atoms with Gasteiger partial charge in [0.1, 0.15) is 0 Å². The van der Waals surface area contributed by atoms with Gasteiger partial charge >= 0.3 is 6.16 Å². The van der Waals surface area contributed by atoms with Crippen LogP contribution < -0.4 is 0 Å². The number of alkyl halides is 2. The van der Waals surface area contributed by atoms with Crippen LogP contribution in [0.2, 0.25) is 0 Å². The Morgan fingerprint density at radius 2 is 2.08 bits per heavy atom. The Hall–Kier alpha value is -0.150. The highest BCUT2D eigenvalue weighted by Crippen LogP contribution is 1.94. The van der Waals surface area contributed by atoms with Gasteiger partial charge in [-0.25, -0.2) is 4.79 Å². The molecule has 3 nitrogen and oxygen atoms in total. The van der Waals surface area contributed by atoms with Gasteiger partial charge in [0.15, 0.2) is 5.56 Å². The summed E-state index contributed by atoms with van der Waals surface area (Å²) >= 11 is 10.4. The van der Waals surface area contributed by atoms with Crippen molar-refractivity contribution in [2.45, 2.75) is 38.7 Å². The molecule has 0 spiro atoms. The van der Waals surface area contributed by atoms with Crippen molar-refractivity contribution >= 4 is 29.4 Å². The van der Waals surface area contributed by atoms with E-state index in [2.05, 4.69) is 11.7 Å². The third-order valence-electron chi connectivity index (χ3n) is 1.00. The summed E-state index contributed by atoms with van der Waals surface area (Å²) < 4.78 is 3.93. The summed E-state index contributed by atoms with van der Waals surface area (Å²) in [6, 6.07) is 0. The molecule has 13 heavy (non-hydrogen) atoms. The number of unbranched alkanes of at least 4 members (excludes halogenated alkanes) is 2. The van der Waals surface area contributed by atoms with Gasteiger partial charge in [-0.05, 0) is 13.3 Å². The molecule has 80 valence electrons. The second kappa shape index (κ2) is 11.8. The second-order valence-corrected chi connectivity index (χ2v) is 3.32. The molecular formula is C8H16Cl2O3. The average Bonchev–Trinajstić information content (AvgIpc) is 1.99. The molecule has 0 aliphatic carbocycles. The van der Waals surface area contributed by atoms with Crippen LogP contribution in [0.4, 0.5) is 4.79 Å². The van der Waals surface area contributed by atoms with Crippen LogP contribution >= 0.6 is 23.2 Å². The van der Waals surface area contributed by atoms with E-state index >= 15 is 0 Å². The molecule has 1 N–H and O–H groups in total. The van der Waals surface area contributed by atoms with E-state index in [9.17, 15) is 4.79 Å². The van der Waals surface area contributed by atoms with Gasteiger partial charge in [0.25, 0.3) is 0 Å². The summed E-state index contributed by atoms with van der Waals surface area (Å²) in [5.41, 5.74) is -0.752. The van der Waals surface area contributed by atoms with E-state index in [-0.39, 0.29) is 0 Å². The molecule has 1 atom stereocenters. The molecule has 0 heterocycles. The lowest BCUT2D eigenvalue weighted by molar-refractivity contribution is 0.0850. The van der Waals surface area contributed by atoms with E-state index in [0.29, 0.717) is 0 Å². The highest BCUT2D eigenvalue weighted by Gasteiger charge is 1.99. The monoisotopic (exact) mass is 230 g/mol. The summed E-state index contributed by atoms with van der Waals surface area (Å²) in [6.45, 7) is 3.60. The standard InChI is InChI=1S/C5H11Cl.C3H5ClO3/c1-2-3-4-5-6;1-2(4)7-3(5)6/h2-5H2,1H3;2H,1H3,(H,5,6). The minimum atomic E-state index is -1.34. The maximum absolute atomic E-state index is 9.50. The largest absolute Gasteiger partial charge is 0.507 e. The van der Waals surface area contributed by atoms with Crippen LogP contribution in [-0.2, 0) is 4.74 Å². The van der Waals surface area contributed by atoms with Crippen molar-refractivity contribution in [3.8, 4) is 0 Å². The zero-order valence-electron chi connectivity index (χ0n) is 7.93. The lowest BCUT2D eigenvalue weighted by atomic mass is 10.3. The number of carbonyl (C=O) groups is 1. The van der Waals surface area contributed by atoms with Crippen molar-refractivity contribution in [2.24, 2.45) is 0 Å². The van der Waals surface area contributed by atoms with Crippen molar-refractivity contribution in [3.05, 3.63) is 0 Å². The molecule has 0 aromatic rings. The van der Waals surface area contributed by atoms with Gasteiger partial charge in [-0.3, -0.25) is 0 Å². The maximum Gasteiger partial charge on any atom is 0.507 e. The van der Waals surface area contributed by atoms with Crippen molar-refractivity contribution in [1.29, 1.82) is 0 Å². The molecule has 0 aliphatic rings.